The van der Waals surface area contributed by atoms with Crippen LogP contribution in [-0.4, -0.2) is 17.5 Å². The fourth-order valence-electron chi connectivity index (χ4n) is 2.83. The summed E-state index contributed by atoms with van der Waals surface area (Å²) in [6, 6.07) is 14.6. The van der Waals surface area contributed by atoms with Crippen LogP contribution in [0.15, 0.2) is 59.5 Å². The minimum Gasteiger partial charge on any atom is -0.398 e. The van der Waals surface area contributed by atoms with Crippen molar-refractivity contribution in [2.24, 2.45) is 0 Å². The normalized spacial score (nSPS) is 10.8. The van der Waals surface area contributed by atoms with Crippen molar-refractivity contribution in [2.45, 2.75) is 13.5 Å². The summed E-state index contributed by atoms with van der Waals surface area (Å²) in [6.07, 6.45) is 1.62. The molecule has 0 aliphatic heterocycles. The molecule has 0 bridgehead atoms. The lowest BCUT2D eigenvalue weighted by Crippen LogP contribution is -2.32. The minimum absolute atomic E-state index is 0.119. The second-order valence-corrected chi connectivity index (χ2v) is 5.60. The number of fused-ring (bicyclic) bond motifs is 1. The molecule has 0 aliphatic rings. The summed E-state index contributed by atoms with van der Waals surface area (Å²) in [4.78, 5) is 27.2. The van der Waals surface area contributed by atoms with Gasteiger partial charge in [-0.15, -0.1) is 0 Å². The average Bonchev–Trinajstić information content (AvgIpc) is 2.61. The van der Waals surface area contributed by atoms with E-state index in [-0.39, 0.29) is 16.9 Å². The highest BCUT2D eigenvalue weighted by atomic mass is 16.2. The van der Waals surface area contributed by atoms with Crippen LogP contribution < -0.4 is 16.1 Å². The Morgan fingerprint density at radius 3 is 2.50 bits per heavy atom. The maximum absolute atomic E-state index is 12.9. The highest BCUT2D eigenvalue weighted by Crippen LogP contribution is 2.20. The van der Waals surface area contributed by atoms with E-state index in [1.54, 1.807) is 25.4 Å². The molecule has 0 spiro atoms. The van der Waals surface area contributed by atoms with Crippen molar-refractivity contribution in [1.29, 1.82) is 0 Å². The van der Waals surface area contributed by atoms with Gasteiger partial charge in [0.15, 0.2) is 0 Å². The molecular weight excluding hydrogens is 302 g/mol. The summed E-state index contributed by atoms with van der Waals surface area (Å²) in [5.74, 6) is -0.349. The zero-order chi connectivity index (χ0) is 17.3. The molecule has 3 rings (SSSR count). The maximum atomic E-state index is 12.9. The van der Waals surface area contributed by atoms with Crippen LogP contribution in [0.3, 0.4) is 0 Å². The van der Waals surface area contributed by atoms with Gasteiger partial charge in [-0.1, -0.05) is 24.3 Å². The van der Waals surface area contributed by atoms with E-state index < -0.39 is 0 Å². The van der Waals surface area contributed by atoms with Gasteiger partial charge in [0.25, 0.3) is 5.91 Å². The highest BCUT2D eigenvalue weighted by Gasteiger charge is 2.20. The number of rotatable bonds is 3. The van der Waals surface area contributed by atoms with Crippen LogP contribution in [0, 0.1) is 0 Å². The first-order valence-corrected chi connectivity index (χ1v) is 7.79. The molecule has 0 atom stereocenters. The molecule has 0 fully saturated rings. The Kier molecular flexibility index (Phi) is 4.08. The number of benzene rings is 2. The second-order valence-electron chi connectivity index (χ2n) is 5.60. The standard InChI is InChI=1S/C19H19N3O2/c1-3-22-12-14(18(23)17-15(20)10-7-11-16(17)22)19(24)21(2)13-8-5-4-6-9-13/h4-12H,3,20H2,1-2H3. The van der Waals surface area contributed by atoms with E-state index in [2.05, 4.69) is 0 Å². The number of anilines is 2. The molecule has 0 radical (unpaired) electrons. The molecule has 2 N–H and O–H groups in total. The van der Waals surface area contributed by atoms with Crippen LogP contribution in [0.1, 0.15) is 17.3 Å². The number of pyridine rings is 1. The fourth-order valence-corrected chi connectivity index (χ4v) is 2.83. The van der Waals surface area contributed by atoms with Gasteiger partial charge in [-0.2, -0.15) is 0 Å². The molecule has 1 amide bonds. The molecule has 122 valence electrons. The summed E-state index contributed by atoms with van der Waals surface area (Å²) < 4.78 is 1.87. The lowest BCUT2D eigenvalue weighted by Gasteiger charge is -2.19. The van der Waals surface area contributed by atoms with Crippen molar-refractivity contribution in [2.75, 3.05) is 17.7 Å². The topological polar surface area (TPSA) is 68.3 Å². The summed E-state index contributed by atoms with van der Waals surface area (Å²) in [6.45, 7) is 2.60. The summed E-state index contributed by atoms with van der Waals surface area (Å²) in [5, 5.41) is 0.395. The fraction of sp³-hybridized carbons (Fsp3) is 0.158. The van der Waals surface area contributed by atoms with Gasteiger partial charge >= 0.3 is 0 Å². The Hall–Kier alpha value is -3.08. The summed E-state index contributed by atoms with van der Waals surface area (Å²) in [5.41, 5.74) is 7.64. The van der Waals surface area contributed by atoms with E-state index in [4.69, 9.17) is 5.73 Å². The monoisotopic (exact) mass is 321 g/mol. The lowest BCUT2D eigenvalue weighted by molar-refractivity contribution is 0.0991. The predicted molar refractivity (Wildman–Crippen MR) is 97.5 cm³/mol. The van der Waals surface area contributed by atoms with Crippen LogP contribution >= 0.6 is 0 Å². The number of nitrogens with zero attached hydrogens (tertiary/aromatic N) is 2. The van der Waals surface area contributed by atoms with E-state index in [0.717, 1.165) is 11.2 Å². The number of hydrogen-bond acceptors (Lipinski definition) is 3. The zero-order valence-corrected chi connectivity index (χ0v) is 13.7. The zero-order valence-electron chi connectivity index (χ0n) is 13.7. The third-order valence-electron chi connectivity index (χ3n) is 4.16. The Bertz CT molecular complexity index is 962. The third kappa shape index (κ3) is 2.54. The SMILES string of the molecule is CCn1cc(C(=O)N(C)c2ccccc2)c(=O)c2c(N)cccc21. The van der Waals surface area contributed by atoms with E-state index in [1.165, 1.54) is 4.90 Å². The smallest absolute Gasteiger partial charge is 0.263 e. The lowest BCUT2D eigenvalue weighted by atomic mass is 10.1. The largest absolute Gasteiger partial charge is 0.398 e. The van der Waals surface area contributed by atoms with Crippen LogP contribution in [0.4, 0.5) is 11.4 Å². The molecule has 24 heavy (non-hydrogen) atoms. The third-order valence-corrected chi connectivity index (χ3v) is 4.16. The van der Waals surface area contributed by atoms with Crippen molar-refractivity contribution >= 4 is 28.2 Å². The molecule has 1 aromatic heterocycles. The Morgan fingerprint density at radius 1 is 1.12 bits per heavy atom. The molecule has 3 aromatic rings. The summed E-state index contributed by atoms with van der Waals surface area (Å²) in [7, 11) is 1.66. The van der Waals surface area contributed by atoms with Crippen molar-refractivity contribution < 1.29 is 4.79 Å². The number of amides is 1. The molecule has 0 unspecified atom stereocenters. The molecule has 0 saturated heterocycles. The van der Waals surface area contributed by atoms with Crippen molar-refractivity contribution in [1.82, 2.24) is 4.57 Å². The van der Waals surface area contributed by atoms with Gasteiger partial charge in [0.2, 0.25) is 5.43 Å². The van der Waals surface area contributed by atoms with Gasteiger partial charge in [-0.25, -0.2) is 0 Å². The van der Waals surface area contributed by atoms with Gasteiger partial charge in [-0.05, 0) is 31.2 Å². The van der Waals surface area contributed by atoms with E-state index in [0.29, 0.717) is 17.6 Å². The van der Waals surface area contributed by atoms with Gasteiger partial charge < -0.3 is 15.2 Å². The number of carbonyl (C=O) groups excluding carboxylic acids is 1. The Labute approximate surface area is 139 Å². The van der Waals surface area contributed by atoms with Crippen molar-refractivity contribution in [3.8, 4) is 0 Å². The molecule has 0 saturated carbocycles. The molecule has 1 heterocycles. The molecule has 2 aromatic carbocycles. The van der Waals surface area contributed by atoms with Crippen molar-refractivity contribution in [3.05, 3.63) is 70.5 Å². The van der Waals surface area contributed by atoms with Crippen molar-refractivity contribution in [3.63, 3.8) is 0 Å². The predicted octanol–water partition coefficient (Wildman–Crippen LogP) is 2.88. The quantitative estimate of drug-likeness (QED) is 0.754. The van der Waals surface area contributed by atoms with Gasteiger partial charge in [-0.3, -0.25) is 9.59 Å². The van der Waals surface area contributed by atoms with E-state index >= 15 is 0 Å². The number of hydrogen-bond donors (Lipinski definition) is 1. The second kappa shape index (κ2) is 6.20. The van der Waals surface area contributed by atoms with E-state index in [9.17, 15) is 9.59 Å². The van der Waals surface area contributed by atoms with E-state index in [1.807, 2.05) is 47.9 Å². The van der Waals surface area contributed by atoms with Gasteiger partial charge in [0.05, 0.1) is 10.9 Å². The van der Waals surface area contributed by atoms with Crippen LogP contribution in [0.25, 0.3) is 10.9 Å². The highest BCUT2D eigenvalue weighted by molar-refractivity contribution is 6.08. The number of aromatic nitrogens is 1. The maximum Gasteiger partial charge on any atom is 0.263 e. The molecule has 0 aliphatic carbocycles. The van der Waals surface area contributed by atoms with Gasteiger partial charge in [0, 0.05) is 31.2 Å². The number of nitrogen functional groups attached to an aromatic ring is 1. The average molecular weight is 321 g/mol. The number of nitrogens with two attached hydrogens (primary N) is 1. The first kappa shape index (κ1) is 15.8. The van der Waals surface area contributed by atoms with Crippen LogP contribution in [0.2, 0.25) is 0 Å². The first-order valence-electron chi connectivity index (χ1n) is 7.79. The van der Waals surface area contributed by atoms with Gasteiger partial charge in [0.1, 0.15) is 5.56 Å². The van der Waals surface area contributed by atoms with Crippen LogP contribution in [-0.2, 0) is 6.54 Å². The summed E-state index contributed by atoms with van der Waals surface area (Å²) >= 11 is 0. The number of para-hydroxylation sites is 1. The van der Waals surface area contributed by atoms with Crippen LogP contribution in [0.5, 0.6) is 0 Å². The number of carbonyl (C=O) groups is 1. The first-order chi connectivity index (χ1) is 11.5. The molecule has 5 nitrogen and oxygen atoms in total. The minimum atomic E-state index is -0.349. The molecular formula is C19H19N3O2. The Morgan fingerprint density at radius 2 is 1.83 bits per heavy atom. The molecule has 5 heteroatoms. The Balaban J connectivity index is 2.20. The number of aryl methyl sites for hydroxylation is 1.